The summed E-state index contributed by atoms with van der Waals surface area (Å²) in [5.41, 5.74) is 0.916. The maximum atomic E-state index is 13.1. The second kappa shape index (κ2) is 8.04. The molecule has 0 aliphatic carbocycles. The zero-order valence-electron chi connectivity index (χ0n) is 15.2. The first-order chi connectivity index (χ1) is 12.8. The molecule has 9 heteroatoms. The summed E-state index contributed by atoms with van der Waals surface area (Å²) in [6.45, 7) is 4.51. The first-order valence-electron chi connectivity index (χ1n) is 8.79. The molecule has 1 unspecified atom stereocenters. The summed E-state index contributed by atoms with van der Waals surface area (Å²) in [6.07, 6.45) is 1.21. The molecule has 146 valence electrons. The van der Waals surface area contributed by atoms with E-state index in [-0.39, 0.29) is 23.3 Å². The molecule has 1 aromatic heterocycles. The number of carbonyl (C=O) groups is 1. The Morgan fingerprint density at radius 1 is 1.33 bits per heavy atom. The highest BCUT2D eigenvalue weighted by atomic mass is 32.2. The Morgan fingerprint density at radius 3 is 2.67 bits per heavy atom. The van der Waals surface area contributed by atoms with Crippen molar-refractivity contribution in [3.05, 3.63) is 41.2 Å². The number of benzene rings is 1. The SMILES string of the molecule is CC(C)c1csc(NC(=O)C2CCCN(S(=O)(=O)c3ccc(F)cc3)C2)n1. The molecule has 2 aromatic rings. The van der Waals surface area contributed by atoms with Crippen molar-refractivity contribution in [3.63, 3.8) is 0 Å². The molecule has 2 heterocycles. The van der Waals surface area contributed by atoms with Crippen LogP contribution in [0.5, 0.6) is 0 Å². The van der Waals surface area contributed by atoms with Crippen LogP contribution in [-0.4, -0.2) is 36.7 Å². The lowest BCUT2D eigenvalue weighted by atomic mass is 9.99. The predicted molar refractivity (Wildman–Crippen MR) is 103 cm³/mol. The fourth-order valence-corrected chi connectivity index (χ4v) is 5.35. The van der Waals surface area contributed by atoms with E-state index in [1.54, 1.807) is 0 Å². The lowest BCUT2D eigenvalue weighted by Gasteiger charge is -2.31. The molecule has 1 fully saturated rings. The van der Waals surface area contributed by atoms with Gasteiger partial charge in [-0.15, -0.1) is 11.3 Å². The van der Waals surface area contributed by atoms with E-state index in [2.05, 4.69) is 10.3 Å². The van der Waals surface area contributed by atoms with Gasteiger partial charge >= 0.3 is 0 Å². The molecule has 0 radical (unpaired) electrons. The highest BCUT2D eigenvalue weighted by molar-refractivity contribution is 7.89. The van der Waals surface area contributed by atoms with Crippen LogP contribution in [0.1, 0.15) is 38.3 Å². The number of halogens is 1. The van der Waals surface area contributed by atoms with Crippen LogP contribution in [0.3, 0.4) is 0 Å². The number of hydrogen-bond donors (Lipinski definition) is 1. The molecule has 1 amide bonds. The third-order valence-corrected chi connectivity index (χ3v) is 7.21. The van der Waals surface area contributed by atoms with E-state index in [9.17, 15) is 17.6 Å². The van der Waals surface area contributed by atoms with Crippen LogP contribution in [0.4, 0.5) is 9.52 Å². The molecule has 1 saturated heterocycles. The van der Waals surface area contributed by atoms with Crippen LogP contribution in [0, 0.1) is 11.7 Å². The normalized spacial score (nSPS) is 18.6. The van der Waals surface area contributed by atoms with E-state index in [4.69, 9.17) is 0 Å². The maximum Gasteiger partial charge on any atom is 0.243 e. The molecule has 0 saturated carbocycles. The molecule has 27 heavy (non-hydrogen) atoms. The monoisotopic (exact) mass is 411 g/mol. The van der Waals surface area contributed by atoms with Gasteiger partial charge in [0.2, 0.25) is 15.9 Å². The fourth-order valence-electron chi connectivity index (χ4n) is 2.95. The van der Waals surface area contributed by atoms with Gasteiger partial charge in [-0.25, -0.2) is 17.8 Å². The minimum absolute atomic E-state index is 0.0338. The third-order valence-electron chi connectivity index (χ3n) is 4.55. The van der Waals surface area contributed by atoms with Crippen molar-refractivity contribution in [1.82, 2.24) is 9.29 Å². The van der Waals surface area contributed by atoms with Gasteiger partial charge in [-0.05, 0) is 43.0 Å². The Bertz CT molecular complexity index is 910. The van der Waals surface area contributed by atoms with Crippen molar-refractivity contribution in [1.29, 1.82) is 0 Å². The molecule has 1 aliphatic rings. The standard InChI is InChI=1S/C18H22FN3O3S2/c1-12(2)16-11-26-18(20-16)21-17(23)13-4-3-9-22(10-13)27(24,25)15-7-5-14(19)6-8-15/h5-8,11-13H,3-4,9-10H2,1-2H3,(H,20,21,23). The van der Waals surface area contributed by atoms with E-state index >= 15 is 0 Å². The largest absolute Gasteiger partial charge is 0.302 e. The number of sulfonamides is 1. The number of nitrogens with zero attached hydrogens (tertiary/aromatic N) is 2. The lowest BCUT2D eigenvalue weighted by Crippen LogP contribution is -2.43. The average Bonchev–Trinajstić information content (AvgIpc) is 3.11. The Balaban J connectivity index is 1.69. The van der Waals surface area contributed by atoms with Crippen molar-refractivity contribution in [2.75, 3.05) is 18.4 Å². The van der Waals surface area contributed by atoms with E-state index in [0.29, 0.717) is 24.5 Å². The van der Waals surface area contributed by atoms with Crippen molar-refractivity contribution in [2.45, 2.75) is 37.5 Å². The molecule has 0 spiro atoms. The number of nitrogens with one attached hydrogen (secondary N) is 1. The summed E-state index contributed by atoms with van der Waals surface area (Å²) in [5, 5.41) is 5.24. The van der Waals surface area contributed by atoms with Crippen molar-refractivity contribution < 1.29 is 17.6 Å². The fraction of sp³-hybridized carbons (Fsp3) is 0.444. The van der Waals surface area contributed by atoms with Gasteiger partial charge in [0.15, 0.2) is 5.13 Å². The molecule has 6 nitrogen and oxygen atoms in total. The predicted octanol–water partition coefficient (Wildman–Crippen LogP) is 3.45. The number of rotatable bonds is 5. The molecule has 1 atom stereocenters. The van der Waals surface area contributed by atoms with Gasteiger partial charge in [0, 0.05) is 18.5 Å². The Kier molecular flexibility index (Phi) is 5.92. The van der Waals surface area contributed by atoms with Gasteiger partial charge in [0.25, 0.3) is 0 Å². The Hall–Kier alpha value is -1.84. The summed E-state index contributed by atoms with van der Waals surface area (Å²) in [5.74, 6) is -0.883. The maximum absolute atomic E-state index is 13.1. The smallest absolute Gasteiger partial charge is 0.243 e. The number of thiazole rings is 1. The number of carbonyl (C=O) groups excluding carboxylic acids is 1. The summed E-state index contributed by atoms with van der Waals surface area (Å²) >= 11 is 1.36. The first kappa shape index (κ1) is 19.9. The zero-order chi connectivity index (χ0) is 19.6. The number of hydrogen-bond acceptors (Lipinski definition) is 5. The minimum atomic E-state index is -3.75. The quantitative estimate of drug-likeness (QED) is 0.817. The zero-order valence-corrected chi connectivity index (χ0v) is 16.8. The third kappa shape index (κ3) is 4.53. The van der Waals surface area contributed by atoms with Gasteiger partial charge in [0.1, 0.15) is 5.82 Å². The van der Waals surface area contributed by atoms with Crippen LogP contribution in [0.15, 0.2) is 34.5 Å². The Labute approximate surface area is 162 Å². The van der Waals surface area contributed by atoms with Crippen molar-refractivity contribution in [3.8, 4) is 0 Å². The van der Waals surface area contributed by atoms with E-state index < -0.39 is 21.8 Å². The van der Waals surface area contributed by atoms with Gasteiger partial charge in [0.05, 0.1) is 16.5 Å². The highest BCUT2D eigenvalue weighted by Gasteiger charge is 2.33. The van der Waals surface area contributed by atoms with Gasteiger partial charge in [-0.3, -0.25) is 4.79 Å². The highest BCUT2D eigenvalue weighted by Crippen LogP contribution is 2.26. The summed E-state index contributed by atoms with van der Waals surface area (Å²) in [7, 11) is -3.75. The second-order valence-corrected chi connectivity index (χ2v) is 9.67. The van der Waals surface area contributed by atoms with Crippen LogP contribution < -0.4 is 5.32 Å². The van der Waals surface area contributed by atoms with Gasteiger partial charge < -0.3 is 5.32 Å². The molecular formula is C18H22FN3O3S2. The Morgan fingerprint density at radius 2 is 2.04 bits per heavy atom. The molecule has 1 N–H and O–H groups in total. The van der Waals surface area contributed by atoms with E-state index in [1.165, 1.54) is 27.8 Å². The topological polar surface area (TPSA) is 79.4 Å². The van der Waals surface area contributed by atoms with Crippen molar-refractivity contribution >= 4 is 32.4 Å². The van der Waals surface area contributed by atoms with Crippen LogP contribution in [0.25, 0.3) is 0 Å². The van der Waals surface area contributed by atoms with Gasteiger partial charge in [-0.1, -0.05) is 13.8 Å². The van der Waals surface area contributed by atoms with Crippen LogP contribution in [0.2, 0.25) is 0 Å². The molecule has 1 aliphatic heterocycles. The lowest BCUT2D eigenvalue weighted by molar-refractivity contribution is -0.120. The number of amides is 1. The van der Waals surface area contributed by atoms with E-state index in [1.807, 2.05) is 19.2 Å². The van der Waals surface area contributed by atoms with Crippen LogP contribution >= 0.6 is 11.3 Å². The average molecular weight is 412 g/mol. The molecular weight excluding hydrogens is 389 g/mol. The van der Waals surface area contributed by atoms with E-state index in [0.717, 1.165) is 17.8 Å². The van der Waals surface area contributed by atoms with Gasteiger partial charge in [-0.2, -0.15) is 4.31 Å². The van der Waals surface area contributed by atoms with Crippen LogP contribution in [-0.2, 0) is 14.8 Å². The first-order valence-corrected chi connectivity index (χ1v) is 11.1. The second-order valence-electron chi connectivity index (χ2n) is 6.88. The number of aromatic nitrogens is 1. The molecule has 1 aromatic carbocycles. The van der Waals surface area contributed by atoms with Crippen molar-refractivity contribution in [2.24, 2.45) is 5.92 Å². The number of anilines is 1. The number of piperidine rings is 1. The summed E-state index contributed by atoms with van der Waals surface area (Å²) in [6, 6.07) is 4.74. The summed E-state index contributed by atoms with van der Waals surface area (Å²) in [4.78, 5) is 17.0. The summed E-state index contributed by atoms with van der Waals surface area (Å²) < 4.78 is 39.9. The minimum Gasteiger partial charge on any atom is -0.302 e. The molecule has 3 rings (SSSR count). The molecule has 0 bridgehead atoms.